The van der Waals surface area contributed by atoms with Gasteiger partial charge in [0.1, 0.15) is 0 Å². The van der Waals surface area contributed by atoms with Crippen LogP contribution in [0.15, 0.2) is 29.2 Å². The Morgan fingerprint density at radius 2 is 2.17 bits per heavy atom. The SMILES string of the molecule is CN[C@@H]1CCCN(S(=O)(=O)c2cccc(C)c2)C1. The van der Waals surface area contributed by atoms with Gasteiger partial charge < -0.3 is 5.32 Å². The van der Waals surface area contributed by atoms with Crippen molar-refractivity contribution in [3.8, 4) is 0 Å². The van der Waals surface area contributed by atoms with E-state index in [0.29, 0.717) is 18.0 Å². The average Bonchev–Trinajstić information content (AvgIpc) is 2.39. The van der Waals surface area contributed by atoms with E-state index in [-0.39, 0.29) is 6.04 Å². The molecule has 5 heteroatoms. The van der Waals surface area contributed by atoms with E-state index in [9.17, 15) is 8.42 Å². The van der Waals surface area contributed by atoms with Crippen molar-refractivity contribution in [2.24, 2.45) is 0 Å². The summed E-state index contributed by atoms with van der Waals surface area (Å²) < 4.78 is 26.6. The van der Waals surface area contributed by atoms with Gasteiger partial charge in [0.25, 0.3) is 0 Å². The normalized spacial score (nSPS) is 22.0. The third kappa shape index (κ3) is 2.74. The molecular weight excluding hydrogens is 248 g/mol. The van der Waals surface area contributed by atoms with Crippen molar-refractivity contribution in [1.29, 1.82) is 0 Å². The lowest BCUT2D eigenvalue weighted by atomic mass is 10.1. The van der Waals surface area contributed by atoms with Gasteiger partial charge in [-0.1, -0.05) is 12.1 Å². The topological polar surface area (TPSA) is 49.4 Å². The summed E-state index contributed by atoms with van der Waals surface area (Å²) in [6.45, 7) is 3.09. The zero-order valence-corrected chi connectivity index (χ0v) is 11.7. The quantitative estimate of drug-likeness (QED) is 0.900. The molecule has 1 N–H and O–H groups in total. The highest BCUT2D eigenvalue weighted by Crippen LogP contribution is 2.21. The minimum absolute atomic E-state index is 0.262. The van der Waals surface area contributed by atoms with Crippen molar-refractivity contribution in [2.45, 2.75) is 30.7 Å². The first-order valence-electron chi connectivity index (χ1n) is 6.28. The smallest absolute Gasteiger partial charge is 0.243 e. The van der Waals surface area contributed by atoms with Crippen molar-refractivity contribution in [2.75, 3.05) is 20.1 Å². The van der Waals surface area contributed by atoms with Gasteiger partial charge in [0, 0.05) is 19.1 Å². The van der Waals surface area contributed by atoms with E-state index in [1.165, 1.54) is 0 Å². The van der Waals surface area contributed by atoms with E-state index in [0.717, 1.165) is 18.4 Å². The average molecular weight is 268 g/mol. The van der Waals surface area contributed by atoms with Crippen LogP contribution in [0.5, 0.6) is 0 Å². The van der Waals surface area contributed by atoms with Gasteiger partial charge in [0.05, 0.1) is 4.90 Å². The fraction of sp³-hybridized carbons (Fsp3) is 0.538. The number of nitrogens with one attached hydrogen (secondary N) is 1. The highest BCUT2D eigenvalue weighted by atomic mass is 32.2. The molecule has 0 spiro atoms. The van der Waals surface area contributed by atoms with Crippen LogP contribution in [0, 0.1) is 6.92 Å². The van der Waals surface area contributed by atoms with Gasteiger partial charge in [-0.3, -0.25) is 0 Å². The summed E-state index contributed by atoms with van der Waals surface area (Å²) >= 11 is 0. The second-order valence-electron chi connectivity index (χ2n) is 4.81. The van der Waals surface area contributed by atoms with E-state index in [2.05, 4.69) is 5.32 Å². The Bertz CT molecular complexity index is 513. The number of aryl methyl sites for hydroxylation is 1. The molecule has 0 bridgehead atoms. The number of sulfonamides is 1. The maximum atomic E-state index is 12.5. The van der Waals surface area contributed by atoms with Gasteiger partial charge in [0.2, 0.25) is 10.0 Å². The molecule has 0 saturated carbocycles. The molecule has 0 radical (unpaired) electrons. The van der Waals surface area contributed by atoms with Crippen LogP contribution in [-0.4, -0.2) is 38.9 Å². The zero-order chi connectivity index (χ0) is 13.2. The van der Waals surface area contributed by atoms with Crippen molar-refractivity contribution >= 4 is 10.0 Å². The summed E-state index contributed by atoms with van der Waals surface area (Å²) in [6, 6.07) is 7.37. The molecule has 1 aromatic rings. The van der Waals surface area contributed by atoms with Crippen molar-refractivity contribution in [3.63, 3.8) is 0 Å². The van der Waals surface area contributed by atoms with Gasteiger partial charge in [-0.05, 0) is 44.5 Å². The minimum Gasteiger partial charge on any atom is -0.316 e. The van der Waals surface area contributed by atoms with E-state index < -0.39 is 10.0 Å². The molecule has 2 rings (SSSR count). The molecule has 18 heavy (non-hydrogen) atoms. The third-order valence-electron chi connectivity index (χ3n) is 3.42. The summed E-state index contributed by atoms with van der Waals surface area (Å²) in [4.78, 5) is 0.402. The minimum atomic E-state index is -3.33. The Morgan fingerprint density at radius 1 is 1.39 bits per heavy atom. The van der Waals surface area contributed by atoms with Crippen LogP contribution in [0.25, 0.3) is 0 Å². The lowest BCUT2D eigenvalue weighted by molar-refractivity contribution is 0.293. The molecule has 1 atom stereocenters. The molecule has 0 aromatic heterocycles. The number of hydrogen-bond donors (Lipinski definition) is 1. The maximum absolute atomic E-state index is 12.5. The predicted octanol–water partition coefficient (Wildman–Crippen LogP) is 1.37. The Labute approximate surface area is 109 Å². The third-order valence-corrected chi connectivity index (χ3v) is 5.28. The molecule has 4 nitrogen and oxygen atoms in total. The first-order chi connectivity index (χ1) is 8.54. The Hall–Kier alpha value is -0.910. The molecule has 1 fully saturated rings. The highest BCUT2D eigenvalue weighted by Gasteiger charge is 2.29. The number of likely N-dealkylation sites (N-methyl/N-ethyl adjacent to an activating group) is 1. The molecule has 1 aromatic carbocycles. The zero-order valence-electron chi connectivity index (χ0n) is 10.9. The van der Waals surface area contributed by atoms with Crippen molar-refractivity contribution in [3.05, 3.63) is 29.8 Å². The summed E-state index contributed by atoms with van der Waals surface area (Å²) in [6.07, 6.45) is 1.95. The lowest BCUT2D eigenvalue weighted by Crippen LogP contribution is -2.46. The molecule has 1 aliphatic rings. The molecule has 1 saturated heterocycles. The molecular formula is C13H20N2O2S. The van der Waals surface area contributed by atoms with Gasteiger partial charge >= 0.3 is 0 Å². The Morgan fingerprint density at radius 3 is 2.83 bits per heavy atom. The molecule has 0 aliphatic carbocycles. The summed E-state index contributed by atoms with van der Waals surface area (Å²) in [5.41, 5.74) is 0.971. The van der Waals surface area contributed by atoms with E-state index in [1.54, 1.807) is 22.5 Å². The predicted molar refractivity (Wildman–Crippen MR) is 72.0 cm³/mol. The first-order valence-corrected chi connectivity index (χ1v) is 7.72. The molecule has 100 valence electrons. The summed E-state index contributed by atoms with van der Waals surface area (Å²) in [5, 5.41) is 3.16. The molecule has 0 amide bonds. The first kappa shape index (κ1) is 13.5. The fourth-order valence-electron chi connectivity index (χ4n) is 2.32. The van der Waals surface area contributed by atoms with Crippen LogP contribution in [0.3, 0.4) is 0 Å². The maximum Gasteiger partial charge on any atom is 0.243 e. The number of piperidine rings is 1. The van der Waals surface area contributed by atoms with Gasteiger partial charge in [0.15, 0.2) is 0 Å². The summed E-state index contributed by atoms with van der Waals surface area (Å²) in [7, 11) is -1.45. The van der Waals surface area contributed by atoms with Crippen LogP contribution in [0.4, 0.5) is 0 Å². The van der Waals surface area contributed by atoms with Gasteiger partial charge in [-0.2, -0.15) is 4.31 Å². The van der Waals surface area contributed by atoms with Crippen LogP contribution in [0.1, 0.15) is 18.4 Å². The number of rotatable bonds is 3. The molecule has 1 aliphatic heterocycles. The number of hydrogen-bond acceptors (Lipinski definition) is 3. The fourth-order valence-corrected chi connectivity index (χ4v) is 3.95. The summed E-state index contributed by atoms with van der Waals surface area (Å²) in [5.74, 6) is 0. The highest BCUT2D eigenvalue weighted by molar-refractivity contribution is 7.89. The largest absolute Gasteiger partial charge is 0.316 e. The molecule has 1 heterocycles. The molecule has 0 unspecified atom stereocenters. The monoisotopic (exact) mass is 268 g/mol. The van der Waals surface area contributed by atoms with Crippen LogP contribution in [-0.2, 0) is 10.0 Å². The number of benzene rings is 1. The van der Waals surface area contributed by atoms with Crippen molar-refractivity contribution < 1.29 is 8.42 Å². The standard InChI is InChI=1S/C13H20N2O2S/c1-11-5-3-7-13(9-11)18(16,17)15-8-4-6-12(10-15)14-2/h3,5,7,9,12,14H,4,6,8,10H2,1-2H3/t12-/m1/s1. The Balaban J connectivity index is 2.25. The van der Waals surface area contributed by atoms with E-state index in [4.69, 9.17) is 0 Å². The second-order valence-corrected chi connectivity index (χ2v) is 6.75. The van der Waals surface area contributed by atoms with Crippen LogP contribution < -0.4 is 5.32 Å². The van der Waals surface area contributed by atoms with E-state index >= 15 is 0 Å². The van der Waals surface area contributed by atoms with Gasteiger partial charge in [-0.25, -0.2) is 8.42 Å². The lowest BCUT2D eigenvalue weighted by Gasteiger charge is -2.31. The van der Waals surface area contributed by atoms with E-state index in [1.807, 2.05) is 20.0 Å². The van der Waals surface area contributed by atoms with Crippen LogP contribution in [0.2, 0.25) is 0 Å². The van der Waals surface area contributed by atoms with Crippen LogP contribution >= 0.6 is 0 Å². The van der Waals surface area contributed by atoms with Gasteiger partial charge in [-0.15, -0.1) is 0 Å². The number of nitrogens with zero attached hydrogens (tertiary/aromatic N) is 1. The Kier molecular flexibility index (Phi) is 4.04. The van der Waals surface area contributed by atoms with Crippen molar-refractivity contribution in [1.82, 2.24) is 9.62 Å². The second kappa shape index (κ2) is 5.38.